The van der Waals surface area contributed by atoms with Gasteiger partial charge in [-0.25, -0.2) is 18.7 Å². The summed E-state index contributed by atoms with van der Waals surface area (Å²) in [5, 5.41) is 9.59. The van der Waals surface area contributed by atoms with Gasteiger partial charge in [0.1, 0.15) is 22.9 Å². The van der Waals surface area contributed by atoms with Crippen LogP contribution in [0, 0.1) is 11.6 Å². The molecule has 13 heteroatoms. The zero-order valence-corrected chi connectivity index (χ0v) is 26.6. The Hall–Kier alpha value is -4.32. The Balaban J connectivity index is 1.27. The average molecular weight is 667 g/mol. The minimum absolute atomic E-state index is 0.163. The molecule has 3 heterocycles. The Bertz CT molecular complexity index is 1820. The number of hydrogen-bond acceptors (Lipinski definition) is 7. The van der Waals surface area contributed by atoms with Gasteiger partial charge in [-0.1, -0.05) is 29.3 Å². The smallest absolute Gasteiger partial charge is 0.255 e. The van der Waals surface area contributed by atoms with Gasteiger partial charge in [-0.3, -0.25) is 9.59 Å². The number of carbonyl (C=O) groups is 2. The fraction of sp³-hybridized carbons (Fsp3) is 0.273. The average Bonchev–Trinajstić information content (AvgIpc) is 3.20. The van der Waals surface area contributed by atoms with E-state index in [1.54, 1.807) is 66.5 Å². The Morgan fingerprint density at radius 3 is 2.50 bits per heavy atom. The van der Waals surface area contributed by atoms with Gasteiger partial charge >= 0.3 is 0 Å². The van der Waals surface area contributed by atoms with E-state index in [0.29, 0.717) is 59.0 Å². The number of likely N-dealkylation sites (tertiary alicyclic amines) is 1. The topological polar surface area (TPSA) is 102 Å². The van der Waals surface area contributed by atoms with Gasteiger partial charge in [0.2, 0.25) is 11.9 Å². The molecule has 238 valence electrons. The van der Waals surface area contributed by atoms with Crippen LogP contribution in [0.5, 0.6) is 0 Å². The van der Waals surface area contributed by atoms with Crippen molar-refractivity contribution in [2.75, 3.05) is 43.9 Å². The maximum Gasteiger partial charge on any atom is 0.255 e. The number of benzene rings is 3. The minimum atomic E-state index is -0.871. The first-order valence-electron chi connectivity index (χ1n) is 14.8. The monoisotopic (exact) mass is 665 g/mol. The van der Waals surface area contributed by atoms with Crippen molar-refractivity contribution in [1.29, 1.82) is 0 Å². The van der Waals surface area contributed by atoms with Gasteiger partial charge in [0.25, 0.3) is 5.91 Å². The molecule has 1 saturated heterocycles. The minimum Gasteiger partial charge on any atom is -0.358 e. The summed E-state index contributed by atoms with van der Waals surface area (Å²) < 4.78 is 29.8. The van der Waals surface area contributed by atoms with Gasteiger partial charge in [-0.05, 0) is 80.4 Å². The Morgan fingerprint density at radius 2 is 1.78 bits per heavy atom. The molecule has 0 saturated carbocycles. The van der Waals surface area contributed by atoms with Crippen LogP contribution >= 0.6 is 23.2 Å². The Kier molecular flexibility index (Phi) is 8.82. The normalized spacial score (nSPS) is 17.5. The number of fused-ring (bicyclic) bond motifs is 3. The molecule has 2 aliphatic heterocycles. The highest BCUT2D eigenvalue weighted by atomic mass is 35.5. The lowest BCUT2D eigenvalue weighted by Gasteiger charge is -2.41. The molecular formula is C33H31Cl2F2N7O2. The molecule has 2 aliphatic rings. The number of rotatable bonds is 6. The molecular weight excluding hydrogens is 635 g/mol. The van der Waals surface area contributed by atoms with Gasteiger partial charge in [0.05, 0.1) is 22.0 Å². The van der Waals surface area contributed by atoms with Crippen LogP contribution in [0.1, 0.15) is 28.8 Å². The lowest BCUT2D eigenvalue weighted by atomic mass is 9.87. The molecule has 1 unspecified atom stereocenters. The molecule has 1 aromatic heterocycles. The summed E-state index contributed by atoms with van der Waals surface area (Å²) in [5.41, 5.74) is 2.37. The van der Waals surface area contributed by atoms with E-state index in [1.165, 1.54) is 18.2 Å². The van der Waals surface area contributed by atoms with Gasteiger partial charge in [0.15, 0.2) is 0 Å². The van der Waals surface area contributed by atoms with Crippen molar-refractivity contribution in [3.05, 3.63) is 93.6 Å². The van der Waals surface area contributed by atoms with E-state index >= 15 is 0 Å². The van der Waals surface area contributed by atoms with Gasteiger partial charge in [0, 0.05) is 49.2 Å². The molecule has 9 nitrogen and oxygen atoms in total. The van der Waals surface area contributed by atoms with Crippen molar-refractivity contribution in [1.82, 2.24) is 25.5 Å². The van der Waals surface area contributed by atoms with Crippen LogP contribution in [0.4, 0.5) is 31.8 Å². The number of halogens is 4. The third kappa shape index (κ3) is 5.86. The molecule has 46 heavy (non-hydrogen) atoms. The van der Waals surface area contributed by atoms with Crippen molar-refractivity contribution in [3.8, 4) is 11.3 Å². The fourth-order valence-corrected chi connectivity index (χ4v) is 6.61. The summed E-state index contributed by atoms with van der Waals surface area (Å²) in [5.74, 6) is -1.54. The van der Waals surface area contributed by atoms with Crippen LogP contribution in [0.3, 0.4) is 0 Å². The van der Waals surface area contributed by atoms with Crippen molar-refractivity contribution in [3.63, 3.8) is 0 Å². The Labute approximate surface area is 274 Å². The standard InChI is InChI=1S/C33H31Cl2F2N7O2/c1-38-31(46)33(39-2)12-4-13-43(18-33)30(45)22-10-8-21(16-24(22)35)41-32-40-17-19-11-14-44(29-25(36)5-3-6-26(29)37)27-15-20(34)7-9-23(27)28(19)42-32/h3,5-10,15-17,39H,4,11-14,18H2,1-2H3,(H,38,46)(H,40,41,42). The SMILES string of the molecule is CNC(=O)C1(NC)CCCN(C(=O)c2ccc(Nc3ncc4c(n3)-c3ccc(Cl)cc3N(c3c(F)cccc3F)CC4)cc2Cl)C1. The molecule has 3 N–H and O–H groups in total. The van der Waals surface area contributed by atoms with Crippen molar-refractivity contribution >= 4 is 58.0 Å². The summed E-state index contributed by atoms with van der Waals surface area (Å²) >= 11 is 13.0. The highest BCUT2D eigenvalue weighted by Crippen LogP contribution is 2.42. The first-order chi connectivity index (χ1) is 22.1. The van der Waals surface area contributed by atoms with E-state index in [-0.39, 0.29) is 41.6 Å². The number of piperidine rings is 1. The van der Waals surface area contributed by atoms with E-state index < -0.39 is 17.2 Å². The third-order valence-electron chi connectivity index (χ3n) is 8.56. The zero-order valence-electron chi connectivity index (χ0n) is 25.1. The third-order valence-corrected chi connectivity index (χ3v) is 9.11. The van der Waals surface area contributed by atoms with E-state index in [9.17, 15) is 18.4 Å². The molecule has 0 aliphatic carbocycles. The first kappa shape index (κ1) is 31.7. The number of nitrogens with one attached hydrogen (secondary N) is 3. The molecule has 2 amide bonds. The van der Waals surface area contributed by atoms with Crippen LogP contribution in [-0.4, -0.2) is 66.0 Å². The molecule has 0 radical (unpaired) electrons. The molecule has 6 rings (SSSR count). The number of amides is 2. The number of hydrogen-bond donors (Lipinski definition) is 3. The largest absolute Gasteiger partial charge is 0.358 e. The lowest BCUT2D eigenvalue weighted by molar-refractivity contribution is -0.128. The second-order valence-corrected chi connectivity index (χ2v) is 12.1. The molecule has 4 aromatic rings. The van der Waals surface area contributed by atoms with Crippen LogP contribution in [0.15, 0.2) is 60.8 Å². The van der Waals surface area contributed by atoms with E-state index in [0.717, 1.165) is 5.56 Å². The number of para-hydroxylation sites is 1. The lowest BCUT2D eigenvalue weighted by Crippen LogP contribution is -2.64. The van der Waals surface area contributed by atoms with E-state index in [1.807, 2.05) is 0 Å². The summed E-state index contributed by atoms with van der Waals surface area (Å²) in [7, 11) is 3.29. The number of aromatic nitrogens is 2. The van der Waals surface area contributed by atoms with Crippen LogP contribution in [0.2, 0.25) is 10.0 Å². The fourth-order valence-electron chi connectivity index (χ4n) is 6.18. The summed E-state index contributed by atoms with van der Waals surface area (Å²) in [4.78, 5) is 38.6. The second kappa shape index (κ2) is 12.8. The Morgan fingerprint density at radius 1 is 1.00 bits per heavy atom. The van der Waals surface area contributed by atoms with Crippen molar-refractivity contribution in [2.45, 2.75) is 24.8 Å². The second-order valence-electron chi connectivity index (χ2n) is 11.3. The quantitative estimate of drug-likeness (QED) is 0.229. The van der Waals surface area contributed by atoms with E-state index in [2.05, 4.69) is 20.9 Å². The maximum atomic E-state index is 14.9. The number of anilines is 4. The predicted octanol–water partition coefficient (Wildman–Crippen LogP) is 6.11. The van der Waals surface area contributed by atoms with Crippen LogP contribution in [0.25, 0.3) is 11.3 Å². The first-order valence-corrected chi connectivity index (χ1v) is 15.5. The van der Waals surface area contributed by atoms with Gasteiger partial charge < -0.3 is 25.8 Å². The zero-order chi connectivity index (χ0) is 32.6. The predicted molar refractivity (Wildman–Crippen MR) is 175 cm³/mol. The molecule has 0 spiro atoms. The van der Waals surface area contributed by atoms with Crippen LogP contribution in [-0.2, 0) is 11.2 Å². The number of carbonyl (C=O) groups excluding carboxylic acids is 2. The maximum absolute atomic E-state index is 14.9. The summed E-state index contributed by atoms with van der Waals surface area (Å²) in [6.07, 6.45) is 3.37. The van der Waals surface area contributed by atoms with Crippen LogP contribution < -0.4 is 20.9 Å². The van der Waals surface area contributed by atoms with Crippen molar-refractivity contribution in [2.24, 2.45) is 0 Å². The van der Waals surface area contributed by atoms with Crippen molar-refractivity contribution < 1.29 is 18.4 Å². The number of nitrogens with zero attached hydrogens (tertiary/aromatic N) is 4. The van der Waals surface area contributed by atoms with E-state index in [4.69, 9.17) is 28.2 Å². The molecule has 1 fully saturated rings. The molecule has 3 aromatic carbocycles. The molecule has 0 bridgehead atoms. The highest BCUT2D eigenvalue weighted by molar-refractivity contribution is 6.34. The van der Waals surface area contributed by atoms with Gasteiger partial charge in [-0.15, -0.1) is 0 Å². The highest BCUT2D eigenvalue weighted by Gasteiger charge is 2.42. The molecule has 1 atom stereocenters. The summed E-state index contributed by atoms with van der Waals surface area (Å²) in [6.45, 7) is 0.996. The number of likely N-dealkylation sites (N-methyl/N-ethyl adjacent to an activating group) is 2. The summed E-state index contributed by atoms with van der Waals surface area (Å²) in [6, 6.07) is 13.9. The van der Waals surface area contributed by atoms with Gasteiger partial charge in [-0.2, -0.15) is 0 Å².